The molecule has 0 saturated carbocycles. The van der Waals surface area contributed by atoms with Gasteiger partial charge in [0.15, 0.2) is 11.2 Å². The first-order valence-electron chi connectivity index (χ1n) is 10.7. The molecule has 0 N–H and O–H groups in total. The Morgan fingerprint density at radius 2 is 1.79 bits per heavy atom. The average molecular weight is 402 g/mol. The summed E-state index contributed by atoms with van der Waals surface area (Å²) in [6, 6.07) is -0.0819. The molecule has 2 aliphatic heterocycles. The van der Waals surface area contributed by atoms with Crippen LogP contribution in [-0.2, 0) is 13.6 Å². The first-order chi connectivity index (χ1) is 13.9. The lowest BCUT2D eigenvalue weighted by Crippen LogP contribution is -2.41. The number of fused-ring (bicyclic) bond motifs is 3. The maximum Gasteiger partial charge on any atom is 0.332 e. The minimum Gasteiger partial charge on any atom is -0.301 e. The molecule has 9 nitrogen and oxygen atoms in total. The molecule has 4 rings (SSSR count). The Morgan fingerprint density at radius 1 is 1.07 bits per heavy atom. The number of nitrogens with zero attached hydrogens (tertiary/aromatic N) is 7. The molecule has 0 radical (unpaired) electrons. The summed E-state index contributed by atoms with van der Waals surface area (Å²) in [5.41, 5.74) is 1.28. The van der Waals surface area contributed by atoms with Crippen LogP contribution in [0.2, 0.25) is 0 Å². The lowest BCUT2D eigenvalue weighted by molar-refractivity contribution is 0.233. The van der Waals surface area contributed by atoms with E-state index in [2.05, 4.69) is 4.90 Å². The van der Waals surface area contributed by atoms with E-state index in [-0.39, 0.29) is 17.3 Å². The molecular weight excluding hydrogens is 370 g/mol. The van der Waals surface area contributed by atoms with Gasteiger partial charge in [0.05, 0.1) is 18.3 Å². The number of hydrogen-bond acceptors (Lipinski definition) is 6. The van der Waals surface area contributed by atoms with Gasteiger partial charge in [0, 0.05) is 20.1 Å². The highest BCUT2D eigenvalue weighted by atomic mass is 16.2. The van der Waals surface area contributed by atoms with Gasteiger partial charge in [-0.15, -0.1) is 0 Å². The standard InChI is InChI=1S/C20H31N7O2/c1-5-9-25-18(28)16-17(23(4)20(25)29)21-19-26(22-14(2)15(3)27(16)19)13-12-24-10-7-6-8-11-24/h15H,5-13H2,1-4H3/t15-/m0/s1. The van der Waals surface area contributed by atoms with Gasteiger partial charge in [-0.1, -0.05) is 13.3 Å². The molecule has 0 bridgehead atoms. The van der Waals surface area contributed by atoms with E-state index in [0.717, 1.165) is 31.8 Å². The summed E-state index contributed by atoms with van der Waals surface area (Å²) in [6.07, 6.45) is 4.52. The van der Waals surface area contributed by atoms with Crippen molar-refractivity contribution in [1.82, 2.24) is 23.6 Å². The highest BCUT2D eigenvalue weighted by Crippen LogP contribution is 2.29. The summed E-state index contributed by atoms with van der Waals surface area (Å²) in [4.78, 5) is 33.1. The number of anilines is 1. The number of piperidine rings is 1. The predicted molar refractivity (Wildman–Crippen MR) is 115 cm³/mol. The van der Waals surface area contributed by atoms with Crippen molar-refractivity contribution in [2.45, 2.75) is 59.0 Å². The van der Waals surface area contributed by atoms with E-state index in [9.17, 15) is 9.59 Å². The van der Waals surface area contributed by atoms with Crippen LogP contribution in [0.25, 0.3) is 11.2 Å². The van der Waals surface area contributed by atoms with Crippen molar-refractivity contribution in [3.63, 3.8) is 0 Å². The van der Waals surface area contributed by atoms with Gasteiger partial charge in [0.1, 0.15) is 0 Å². The Balaban J connectivity index is 1.80. The van der Waals surface area contributed by atoms with Crippen molar-refractivity contribution < 1.29 is 0 Å². The van der Waals surface area contributed by atoms with Crippen LogP contribution in [0, 0.1) is 0 Å². The Bertz CT molecular complexity index is 1060. The topological polar surface area (TPSA) is 80.7 Å². The highest BCUT2D eigenvalue weighted by molar-refractivity contribution is 5.91. The molecule has 0 amide bonds. The van der Waals surface area contributed by atoms with Crippen LogP contribution < -0.4 is 16.3 Å². The molecule has 0 spiro atoms. The second kappa shape index (κ2) is 7.78. The number of aryl methyl sites for hydroxylation is 1. The van der Waals surface area contributed by atoms with Gasteiger partial charge < -0.3 is 4.90 Å². The van der Waals surface area contributed by atoms with Gasteiger partial charge in [-0.05, 0) is 46.2 Å². The zero-order chi connectivity index (χ0) is 20.7. The first kappa shape index (κ1) is 19.9. The van der Waals surface area contributed by atoms with Crippen molar-refractivity contribution in [3.05, 3.63) is 20.8 Å². The van der Waals surface area contributed by atoms with Crippen molar-refractivity contribution in [1.29, 1.82) is 0 Å². The van der Waals surface area contributed by atoms with E-state index in [1.165, 1.54) is 28.4 Å². The Kier molecular flexibility index (Phi) is 5.33. The number of hydrogen-bond donors (Lipinski definition) is 0. The van der Waals surface area contributed by atoms with Crippen LogP contribution in [-0.4, -0.2) is 55.5 Å². The third-order valence-corrected chi connectivity index (χ3v) is 6.18. The number of hydrazone groups is 1. The Hall–Kier alpha value is -2.42. The molecular formula is C20H31N7O2. The smallest absolute Gasteiger partial charge is 0.301 e. The second-order valence-electron chi connectivity index (χ2n) is 8.20. The van der Waals surface area contributed by atoms with E-state index in [1.54, 1.807) is 7.05 Å². The van der Waals surface area contributed by atoms with Gasteiger partial charge in [0.2, 0.25) is 5.95 Å². The van der Waals surface area contributed by atoms with Gasteiger partial charge in [-0.3, -0.25) is 18.5 Å². The van der Waals surface area contributed by atoms with Crippen molar-refractivity contribution in [3.8, 4) is 0 Å². The molecule has 0 aliphatic carbocycles. The average Bonchev–Trinajstić information content (AvgIpc) is 3.13. The first-order valence-corrected chi connectivity index (χ1v) is 10.7. The maximum atomic E-state index is 13.2. The van der Waals surface area contributed by atoms with Crippen LogP contribution in [0.5, 0.6) is 0 Å². The molecule has 2 aliphatic rings. The fraction of sp³-hybridized carbons (Fsp3) is 0.700. The molecule has 1 fully saturated rings. The predicted octanol–water partition coefficient (Wildman–Crippen LogP) is 1.55. The minimum atomic E-state index is -0.315. The molecule has 29 heavy (non-hydrogen) atoms. The van der Waals surface area contributed by atoms with E-state index >= 15 is 0 Å². The zero-order valence-corrected chi connectivity index (χ0v) is 17.9. The summed E-state index contributed by atoms with van der Waals surface area (Å²) >= 11 is 0. The largest absolute Gasteiger partial charge is 0.332 e. The molecule has 0 aromatic carbocycles. The minimum absolute atomic E-state index is 0.0819. The van der Waals surface area contributed by atoms with Gasteiger partial charge >= 0.3 is 5.69 Å². The monoisotopic (exact) mass is 401 g/mol. The quantitative estimate of drug-likeness (QED) is 0.759. The number of aromatic nitrogens is 4. The van der Waals surface area contributed by atoms with Crippen molar-refractivity contribution >= 4 is 22.8 Å². The van der Waals surface area contributed by atoms with E-state index in [0.29, 0.717) is 30.2 Å². The van der Waals surface area contributed by atoms with Crippen LogP contribution in [0.4, 0.5) is 5.95 Å². The van der Waals surface area contributed by atoms with Crippen molar-refractivity contribution in [2.75, 3.05) is 31.2 Å². The number of imidazole rings is 1. The molecule has 4 heterocycles. The molecule has 2 aromatic heterocycles. The fourth-order valence-electron chi connectivity index (χ4n) is 4.37. The summed E-state index contributed by atoms with van der Waals surface area (Å²) < 4.78 is 4.77. The van der Waals surface area contributed by atoms with Crippen LogP contribution in [0.3, 0.4) is 0 Å². The summed E-state index contributed by atoms with van der Waals surface area (Å²) in [7, 11) is 1.69. The lowest BCUT2D eigenvalue weighted by atomic mass is 10.1. The molecule has 2 aromatic rings. The molecule has 0 unspecified atom stereocenters. The summed E-state index contributed by atoms with van der Waals surface area (Å²) in [5, 5.41) is 6.67. The molecule has 1 atom stereocenters. The fourth-order valence-corrected chi connectivity index (χ4v) is 4.37. The normalized spacial score (nSPS) is 20.2. The zero-order valence-electron chi connectivity index (χ0n) is 17.9. The molecule has 9 heteroatoms. The number of likely N-dealkylation sites (tertiary alicyclic amines) is 1. The van der Waals surface area contributed by atoms with Gasteiger partial charge in [-0.2, -0.15) is 10.1 Å². The SMILES string of the molecule is CCCn1c(=O)c2c(nc3n2[C@@H](C)C(C)=NN3CCN2CCCCC2)n(C)c1=O. The van der Waals surface area contributed by atoms with E-state index in [1.807, 2.05) is 30.3 Å². The van der Waals surface area contributed by atoms with E-state index < -0.39 is 0 Å². The Labute approximate surface area is 170 Å². The van der Waals surface area contributed by atoms with Gasteiger partial charge in [-0.25, -0.2) is 9.80 Å². The number of rotatable bonds is 5. The maximum absolute atomic E-state index is 13.2. The third-order valence-electron chi connectivity index (χ3n) is 6.18. The highest BCUT2D eigenvalue weighted by Gasteiger charge is 2.30. The molecule has 1 saturated heterocycles. The third kappa shape index (κ3) is 3.31. The summed E-state index contributed by atoms with van der Waals surface area (Å²) in [6.45, 7) is 10.3. The van der Waals surface area contributed by atoms with Crippen LogP contribution in [0.15, 0.2) is 14.7 Å². The molecule has 158 valence electrons. The Morgan fingerprint density at radius 3 is 2.48 bits per heavy atom. The van der Waals surface area contributed by atoms with Gasteiger partial charge in [0.25, 0.3) is 5.56 Å². The van der Waals surface area contributed by atoms with E-state index in [4.69, 9.17) is 10.1 Å². The van der Waals surface area contributed by atoms with Crippen LogP contribution >= 0.6 is 0 Å². The lowest BCUT2D eigenvalue weighted by Gasteiger charge is -2.32. The van der Waals surface area contributed by atoms with Crippen molar-refractivity contribution in [2.24, 2.45) is 12.1 Å². The van der Waals surface area contributed by atoms with Crippen LogP contribution in [0.1, 0.15) is 52.5 Å². The second-order valence-corrected chi connectivity index (χ2v) is 8.20. The summed E-state index contributed by atoms with van der Waals surface area (Å²) in [5.74, 6) is 0.649.